The Morgan fingerprint density at radius 2 is 2.26 bits per heavy atom. The largest absolute Gasteiger partial charge is 0.399 e. The summed E-state index contributed by atoms with van der Waals surface area (Å²) in [5.74, 6) is 0.0449. The third-order valence-corrected chi connectivity index (χ3v) is 2.80. The minimum absolute atomic E-state index is 0.0449. The standard InChI is InChI=1S/C14H18N4O/c1-2-16-14(19)6-7-18-10-12(9-17-18)11-4-3-5-13(15)8-11/h3-5,8-10H,2,6-7,15H2,1H3,(H,16,19). The van der Waals surface area contributed by atoms with Gasteiger partial charge in [0, 0.05) is 37.0 Å². The fraction of sp³-hybridized carbons (Fsp3) is 0.286. The smallest absolute Gasteiger partial charge is 0.221 e. The van der Waals surface area contributed by atoms with E-state index in [2.05, 4.69) is 10.4 Å². The summed E-state index contributed by atoms with van der Waals surface area (Å²) in [6.45, 7) is 3.14. The summed E-state index contributed by atoms with van der Waals surface area (Å²) in [5, 5.41) is 7.02. The summed E-state index contributed by atoms with van der Waals surface area (Å²) in [6.07, 6.45) is 4.15. The number of aromatic nitrogens is 2. The van der Waals surface area contributed by atoms with E-state index in [1.807, 2.05) is 37.4 Å². The molecule has 2 rings (SSSR count). The fourth-order valence-electron chi connectivity index (χ4n) is 1.85. The van der Waals surface area contributed by atoms with Gasteiger partial charge in [-0.05, 0) is 24.6 Å². The number of nitrogens with two attached hydrogens (primary N) is 1. The van der Waals surface area contributed by atoms with Crippen LogP contribution in [0.3, 0.4) is 0 Å². The average molecular weight is 258 g/mol. The number of hydrogen-bond donors (Lipinski definition) is 2. The summed E-state index contributed by atoms with van der Waals surface area (Å²) >= 11 is 0. The second kappa shape index (κ2) is 6.04. The monoisotopic (exact) mass is 258 g/mol. The Morgan fingerprint density at radius 3 is 3.00 bits per heavy atom. The Bertz CT molecular complexity index is 562. The molecule has 0 saturated carbocycles. The van der Waals surface area contributed by atoms with Crippen LogP contribution in [0.2, 0.25) is 0 Å². The zero-order valence-corrected chi connectivity index (χ0v) is 11.0. The number of anilines is 1. The van der Waals surface area contributed by atoms with Gasteiger partial charge in [-0.2, -0.15) is 5.10 Å². The first-order chi connectivity index (χ1) is 9.19. The molecule has 5 nitrogen and oxygen atoms in total. The van der Waals surface area contributed by atoms with Crippen LogP contribution in [0.5, 0.6) is 0 Å². The number of carbonyl (C=O) groups is 1. The first-order valence-electron chi connectivity index (χ1n) is 6.34. The van der Waals surface area contributed by atoms with Crippen molar-refractivity contribution in [3.05, 3.63) is 36.7 Å². The van der Waals surface area contributed by atoms with Crippen LogP contribution in [-0.2, 0) is 11.3 Å². The van der Waals surface area contributed by atoms with Crippen molar-refractivity contribution in [2.45, 2.75) is 19.9 Å². The fourth-order valence-corrected chi connectivity index (χ4v) is 1.85. The van der Waals surface area contributed by atoms with Gasteiger partial charge in [0.1, 0.15) is 0 Å². The Balaban J connectivity index is 2.01. The van der Waals surface area contributed by atoms with Crippen molar-refractivity contribution in [2.75, 3.05) is 12.3 Å². The van der Waals surface area contributed by atoms with Crippen molar-refractivity contribution in [1.29, 1.82) is 0 Å². The highest BCUT2D eigenvalue weighted by atomic mass is 16.1. The zero-order valence-electron chi connectivity index (χ0n) is 11.0. The highest BCUT2D eigenvalue weighted by Crippen LogP contribution is 2.20. The molecule has 1 aromatic heterocycles. The molecule has 0 radical (unpaired) electrons. The van der Waals surface area contributed by atoms with Gasteiger partial charge in [-0.25, -0.2) is 0 Å². The van der Waals surface area contributed by atoms with Gasteiger partial charge >= 0.3 is 0 Å². The molecule has 0 saturated heterocycles. The molecule has 0 spiro atoms. The molecular weight excluding hydrogens is 240 g/mol. The number of benzene rings is 1. The van der Waals surface area contributed by atoms with Gasteiger partial charge in [0.2, 0.25) is 5.91 Å². The lowest BCUT2D eigenvalue weighted by molar-refractivity contribution is -0.121. The van der Waals surface area contributed by atoms with E-state index < -0.39 is 0 Å². The van der Waals surface area contributed by atoms with Crippen LogP contribution < -0.4 is 11.1 Å². The van der Waals surface area contributed by atoms with Gasteiger partial charge in [-0.1, -0.05) is 12.1 Å². The minimum Gasteiger partial charge on any atom is -0.399 e. The van der Waals surface area contributed by atoms with Gasteiger partial charge in [0.05, 0.1) is 6.20 Å². The summed E-state index contributed by atoms with van der Waals surface area (Å²) in [7, 11) is 0. The molecule has 0 aliphatic rings. The Kier molecular flexibility index (Phi) is 4.18. The number of nitrogens with one attached hydrogen (secondary N) is 1. The van der Waals surface area contributed by atoms with Crippen LogP contribution in [0.15, 0.2) is 36.7 Å². The predicted molar refractivity (Wildman–Crippen MR) is 75.4 cm³/mol. The molecule has 3 N–H and O–H groups in total. The van der Waals surface area contributed by atoms with Crippen molar-refractivity contribution >= 4 is 11.6 Å². The second-order valence-corrected chi connectivity index (χ2v) is 4.32. The van der Waals surface area contributed by atoms with E-state index in [4.69, 9.17) is 5.73 Å². The molecule has 0 bridgehead atoms. The number of hydrogen-bond acceptors (Lipinski definition) is 3. The summed E-state index contributed by atoms with van der Waals surface area (Å²) in [4.78, 5) is 11.4. The van der Waals surface area contributed by atoms with E-state index in [0.717, 1.165) is 16.8 Å². The highest BCUT2D eigenvalue weighted by molar-refractivity contribution is 5.75. The maximum Gasteiger partial charge on any atom is 0.221 e. The first kappa shape index (κ1) is 13.1. The van der Waals surface area contributed by atoms with Crippen molar-refractivity contribution in [3.8, 4) is 11.1 Å². The maximum absolute atomic E-state index is 11.4. The maximum atomic E-state index is 11.4. The molecule has 0 aliphatic heterocycles. The van der Waals surface area contributed by atoms with Gasteiger partial charge in [-0.3, -0.25) is 9.48 Å². The van der Waals surface area contributed by atoms with E-state index in [-0.39, 0.29) is 5.91 Å². The molecule has 0 atom stereocenters. The first-order valence-corrected chi connectivity index (χ1v) is 6.34. The molecule has 1 amide bonds. The zero-order chi connectivity index (χ0) is 13.7. The quantitative estimate of drug-likeness (QED) is 0.801. The van der Waals surface area contributed by atoms with E-state index in [9.17, 15) is 4.79 Å². The Hall–Kier alpha value is -2.30. The van der Waals surface area contributed by atoms with Crippen molar-refractivity contribution in [2.24, 2.45) is 0 Å². The van der Waals surface area contributed by atoms with Crippen molar-refractivity contribution in [1.82, 2.24) is 15.1 Å². The molecule has 0 fully saturated rings. The second-order valence-electron chi connectivity index (χ2n) is 4.32. The van der Waals surface area contributed by atoms with Gasteiger partial charge < -0.3 is 11.1 Å². The van der Waals surface area contributed by atoms with Crippen LogP contribution in [0.1, 0.15) is 13.3 Å². The number of nitrogen functional groups attached to an aromatic ring is 1. The van der Waals surface area contributed by atoms with E-state index >= 15 is 0 Å². The van der Waals surface area contributed by atoms with Crippen LogP contribution in [0.25, 0.3) is 11.1 Å². The molecular formula is C14H18N4O. The van der Waals surface area contributed by atoms with Gasteiger partial charge in [0.25, 0.3) is 0 Å². The minimum atomic E-state index is 0.0449. The van der Waals surface area contributed by atoms with Crippen LogP contribution >= 0.6 is 0 Å². The van der Waals surface area contributed by atoms with E-state index in [0.29, 0.717) is 19.5 Å². The number of rotatable bonds is 5. The van der Waals surface area contributed by atoms with Crippen molar-refractivity contribution < 1.29 is 4.79 Å². The van der Waals surface area contributed by atoms with E-state index in [1.165, 1.54) is 0 Å². The lowest BCUT2D eigenvalue weighted by atomic mass is 10.1. The normalized spacial score (nSPS) is 10.4. The predicted octanol–water partition coefficient (Wildman–Crippen LogP) is 1.66. The van der Waals surface area contributed by atoms with Crippen molar-refractivity contribution in [3.63, 3.8) is 0 Å². The molecule has 19 heavy (non-hydrogen) atoms. The van der Waals surface area contributed by atoms with Crippen LogP contribution in [0.4, 0.5) is 5.69 Å². The Labute approximate surface area is 112 Å². The molecule has 100 valence electrons. The van der Waals surface area contributed by atoms with E-state index in [1.54, 1.807) is 10.9 Å². The molecule has 5 heteroatoms. The third-order valence-electron chi connectivity index (χ3n) is 2.80. The van der Waals surface area contributed by atoms with Crippen LogP contribution in [0, 0.1) is 0 Å². The lowest BCUT2D eigenvalue weighted by Gasteiger charge is -2.02. The summed E-state index contributed by atoms with van der Waals surface area (Å²) < 4.78 is 1.77. The summed E-state index contributed by atoms with van der Waals surface area (Å²) in [6, 6.07) is 7.66. The lowest BCUT2D eigenvalue weighted by Crippen LogP contribution is -2.23. The number of carbonyl (C=O) groups excluding carboxylic acids is 1. The van der Waals surface area contributed by atoms with Gasteiger partial charge in [0.15, 0.2) is 0 Å². The molecule has 1 heterocycles. The number of nitrogens with zero attached hydrogens (tertiary/aromatic N) is 2. The number of aryl methyl sites for hydroxylation is 1. The summed E-state index contributed by atoms with van der Waals surface area (Å²) in [5.41, 5.74) is 8.52. The molecule has 2 aromatic rings. The van der Waals surface area contributed by atoms with Crippen LogP contribution in [-0.4, -0.2) is 22.2 Å². The third kappa shape index (κ3) is 3.58. The molecule has 0 aliphatic carbocycles. The highest BCUT2D eigenvalue weighted by Gasteiger charge is 2.04. The number of amides is 1. The molecule has 1 aromatic carbocycles. The molecule has 0 unspecified atom stereocenters. The van der Waals surface area contributed by atoms with Gasteiger partial charge in [-0.15, -0.1) is 0 Å². The average Bonchev–Trinajstić information content (AvgIpc) is 2.85. The SMILES string of the molecule is CCNC(=O)CCn1cc(-c2cccc(N)c2)cn1. The Morgan fingerprint density at radius 1 is 1.42 bits per heavy atom. The topological polar surface area (TPSA) is 72.9 Å².